The summed E-state index contributed by atoms with van der Waals surface area (Å²) in [6.45, 7) is 0.378. The fourth-order valence-corrected chi connectivity index (χ4v) is 2.70. The Morgan fingerprint density at radius 3 is 2.87 bits per heavy atom. The number of carbonyl (C=O) groups excluding carboxylic acids is 1. The minimum absolute atomic E-state index is 0.216. The highest BCUT2D eigenvalue weighted by molar-refractivity contribution is 7.07. The molecule has 0 saturated carbocycles. The molecule has 1 heterocycles. The van der Waals surface area contributed by atoms with Crippen molar-refractivity contribution in [2.45, 2.75) is 6.61 Å². The van der Waals surface area contributed by atoms with Crippen molar-refractivity contribution >= 4 is 34.5 Å². The number of hydrogen-bond acceptors (Lipinski definition) is 4. The first-order valence-electron chi connectivity index (χ1n) is 6.87. The number of anilines is 1. The summed E-state index contributed by atoms with van der Waals surface area (Å²) in [5.41, 5.74) is 3.79. The quantitative estimate of drug-likeness (QED) is 0.734. The molecule has 0 bridgehead atoms. The van der Waals surface area contributed by atoms with Crippen LogP contribution in [0.3, 0.4) is 0 Å². The average Bonchev–Trinajstić information content (AvgIpc) is 3.07. The van der Waals surface area contributed by atoms with Crippen molar-refractivity contribution in [2.24, 2.45) is 0 Å². The zero-order valence-corrected chi connectivity index (χ0v) is 13.6. The molecular weight excluding hydrogens is 332 g/mol. The molecule has 1 N–H and O–H groups in total. The number of carbonyl (C=O) groups is 1. The molecule has 0 saturated heterocycles. The van der Waals surface area contributed by atoms with Crippen LogP contribution in [0.4, 0.5) is 5.69 Å². The lowest BCUT2D eigenvalue weighted by molar-refractivity contribution is 0.102. The van der Waals surface area contributed by atoms with Crippen LogP contribution >= 0.6 is 22.9 Å². The second-order valence-corrected chi connectivity index (χ2v) is 5.92. The van der Waals surface area contributed by atoms with Gasteiger partial charge < -0.3 is 10.1 Å². The van der Waals surface area contributed by atoms with Crippen LogP contribution in [0.2, 0.25) is 5.02 Å². The van der Waals surface area contributed by atoms with Crippen LogP contribution in [0.1, 0.15) is 16.1 Å². The number of rotatable bonds is 5. The number of benzene rings is 2. The molecular formula is C17H13ClN2O2S. The van der Waals surface area contributed by atoms with Crippen LogP contribution < -0.4 is 10.1 Å². The minimum atomic E-state index is -0.216. The standard InChI is InChI=1S/C17H13ClN2O2S/c18-13-4-2-5-14(8-13)20-17(21)12-3-1-6-16(7-12)22-9-15-10-23-11-19-15/h1-8,10-11H,9H2,(H,20,21). The van der Waals surface area contributed by atoms with E-state index in [1.165, 1.54) is 11.3 Å². The summed E-state index contributed by atoms with van der Waals surface area (Å²) in [7, 11) is 0. The van der Waals surface area contributed by atoms with Gasteiger partial charge in [-0.1, -0.05) is 23.7 Å². The highest BCUT2D eigenvalue weighted by atomic mass is 35.5. The Morgan fingerprint density at radius 1 is 1.22 bits per heavy atom. The molecule has 0 atom stereocenters. The van der Waals surface area contributed by atoms with Crippen molar-refractivity contribution in [3.63, 3.8) is 0 Å². The van der Waals surface area contributed by atoms with Gasteiger partial charge in [-0.3, -0.25) is 4.79 Å². The van der Waals surface area contributed by atoms with Gasteiger partial charge in [0.05, 0.1) is 11.2 Å². The molecule has 2 aromatic carbocycles. The molecule has 1 aromatic heterocycles. The Balaban J connectivity index is 1.67. The van der Waals surface area contributed by atoms with Gasteiger partial charge in [0.2, 0.25) is 0 Å². The molecule has 116 valence electrons. The lowest BCUT2D eigenvalue weighted by Gasteiger charge is -2.08. The molecule has 3 rings (SSSR count). The molecule has 0 spiro atoms. The summed E-state index contributed by atoms with van der Waals surface area (Å²) >= 11 is 7.43. The average molecular weight is 345 g/mol. The van der Waals surface area contributed by atoms with Crippen molar-refractivity contribution in [3.05, 3.63) is 75.7 Å². The van der Waals surface area contributed by atoms with Gasteiger partial charge in [-0.15, -0.1) is 11.3 Å². The zero-order valence-electron chi connectivity index (χ0n) is 12.0. The van der Waals surface area contributed by atoms with E-state index in [1.807, 2.05) is 11.4 Å². The van der Waals surface area contributed by atoms with Crippen molar-refractivity contribution in [2.75, 3.05) is 5.32 Å². The first kappa shape index (κ1) is 15.5. The van der Waals surface area contributed by atoms with Gasteiger partial charge in [-0.2, -0.15) is 0 Å². The van der Waals surface area contributed by atoms with Crippen molar-refractivity contribution in [1.29, 1.82) is 0 Å². The molecule has 0 aliphatic heterocycles. The molecule has 4 nitrogen and oxygen atoms in total. The molecule has 0 fully saturated rings. The summed E-state index contributed by atoms with van der Waals surface area (Å²) in [5, 5.41) is 5.30. The SMILES string of the molecule is O=C(Nc1cccc(Cl)c1)c1cccc(OCc2cscn2)c1. The van der Waals surface area contributed by atoms with Crippen molar-refractivity contribution in [1.82, 2.24) is 4.98 Å². The molecule has 0 radical (unpaired) electrons. The Labute approximate surface area is 142 Å². The normalized spacial score (nSPS) is 10.3. The van der Waals surface area contributed by atoms with E-state index in [2.05, 4.69) is 10.3 Å². The number of nitrogens with zero attached hydrogens (tertiary/aromatic N) is 1. The summed E-state index contributed by atoms with van der Waals surface area (Å²) in [6.07, 6.45) is 0. The number of aromatic nitrogens is 1. The first-order valence-corrected chi connectivity index (χ1v) is 8.19. The summed E-state index contributed by atoms with van der Waals surface area (Å²) in [5.74, 6) is 0.406. The van der Waals surface area contributed by atoms with E-state index >= 15 is 0 Å². The maximum Gasteiger partial charge on any atom is 0.255 e. The second kappa shape index (κ2) is 7.26. The van der Waals surface area contributed by atoms with Gasteiger partial charge >= 0.3 is 0 Å². The summed E-state index contributed by atoms with van der Waals surface area (Å²) in [4.78, 5) is 16.4. The zero-order chi connectivity index (χ0) is 16.1. The lowest BCUT2D eigenvalue weighted by atomic mass is 10.2. The molecule has 3 aromatic rings. The van der Waals surface area contributed by atoms with Gasteiger partial charge in [0.25, 0.3) is 5.91 Å². The highest BCUT2D eigenvalue weighted by Crippen LogP contribution is 2.18. The smallest absolute Gasteiger partial charge is 0.255 e. The van der Waals surface area contributed by atoms with Gasteiger partial charge in [0, 0.05) is 21.7 Å². The number of nitrogens with one attached hydrogen (secondary N) is 1. The van der Waals surface area contributed by atoms with E-state index in [1.54, 1.807) is 48.0 Å². The third-order valence-electron chi connectivity index (χ3n) is 3.05. The molecule has 6 heteroatoms. The van der Waals surface area contributed by atoms with Crippen molar-refractivity contribution in [3.8, 4) is 5.75 Å². The predicted molar refractivity (Wildman–Crippen MR) is 92.3 cm³/mol. The largest absolute Gasteiger partial charge is 0.487 e. The molecule has 0 aliphatic carbocycles. The number of hydrogen-bond donors (Lipinski definition) is 1. The van der Waals surface area contributed by atoms with Crippen LogP contribution in [0.15, 0.2) is 59.4 Å². The maximum absolute atomic E-state index is 12.3. The van der Waals surface area contributed by atoms with Crippen LogP contribution in [-0.4, -0.2) is 10.9 Å². The van der Waals surface area contributed by atoms with Crippen molar-refractivity contribution < 1.29 is 9.53 Å². The minimum Gasteiger partial charge on any atom is -0.487 e. The van der Waals surface area contributed by atoms with Gasteiger partial charge in [0.15, 0.2) is 0 Å². The van der Waals surface area contributed by atoms with E-state index in [4.69, 9.17) is 16.3 Å². The van der Waals surface area contributed by atoms with E-state index < -0.39 is 0 Å². The van der Waals surface area contributed by atoms with Gasteiger partial charge in [-0.25, -0.2) is 4.98 Å². The molecule has 0 unspecified atom stereocenters. The topological polar surface area (TPSA) is 51.2 Å². The van der Waals surface area contributed by atoms with E-state index in [9.17, 15) is 4.79 Å². The molecule has 1 amide bonds. The number of thiazole rings is 1. The Hall–Kier alpha value is -2.37. The second-order valence-electron chi connectivity index (χ2n) is 4.76. The summed E-state index contributed by atoms with van der Waals surface area (Å²) in [6, 6.07) is 14.0. The third kappa shape index (κ3) is 4.31. The van der Waals surface area contributed by atoms with Crippen LogP contribution in [0.25, 0.3) is 0 Å². The molecule has 0 aliphatic rings. The highest BCUT2D eigenvalue weighted by Gasteiger charge is 2.08. The third-order valence-corrected chi connectivity index (χ3v) is 3.92. The summed E-state index contributed by atoms with van der Waals surface area (Å²) < 4.78 is 5.65. The fraction of sp³-hybridized carbons (Fsp3) is 0.0588. The number of halogens is 1. The molecule has 23 heavy (non-hydrogen) atoms. The van der Waals surface area contributed by atoms with Gasteiger partial charge in [-0.05, 0) is 36.4 Å². The van der Waals surface area contributed by atoms with E-state index in [0.717, 1.165) is 5.69 Å². The van der Waals surface area contributed by atoms with Crippen LogP contribution in [0.5, 0.6) is 5.75 Å². The number of amides is 1. The first-order chi connectivity index (χ1) is 11.2. The monoisotopic (exact) mass is 344 g/mol. The van der Waals surface area contributed by atoms with E-state index in [0.29, 0.717) is 28.6 Å². The van der Waals surface area contributed by atoms with Crippen LogP contribution in [0, 0.1) is 0 Å². The van der Waals surface area contributed by atoms with E-state index in [-0.39, 0.29) is 5.91 Å². The van der Waals surface area contributed by atoms with Gasteiger partial charge in [0.1, 0.15) is 12.4 Å². The Kier molecular flexibility index (Phi) is 4.90. The Bertz CT molecular complexity index is 806. The number of ether oxygens (including phenoxy) is 1. The van der Waals surface area contributed by atoms with Crippen LogP contribution in [-0.2, 0) is 6.61 Å². The Morgan fingerprint density at radius 2 is 2.09 bits per heavy atom. The predicted octanol–water partition coefficient (Wildman–Crippen LogP) is 4.63. The fourth-order valence-electron chi connectivity index (χ4n) is 1.96. The maximum atomic E-state index is 12.3. The lowest BCUT2D eigenvalue weighted by Crippen LogP contribution is -2.11.